The number of hydrogen-bond donors (Lipinski definition) is 2. The summed E-state index contributed by atoms with van der Waals surface area (Å²) >= 11 is 0. The van der Waals surface area contributed by atoms with Gasteiger partial charge in [0.2, 0.25) is 11.8 Å². The van der Waals surface area contributed by atoms with Gasteiger partial charge in [0, 0.05) is 24.8 Å². The van der Waals surface area contributed by atoms with Crippen LogP contribution in [0.2, 0.25) is 0 Å². The fourth-order valence-electron chi connectivity index (χ4n) is 1.84. The summed E-state index contributed by atoms with van der Waals surface area (Å²) < 4.78 is 0. The summed E-state index contributed by atoms with van der Waals surface area (Å²) in [5.41, 5.74) is 9.82. The molecule has 0 fully saturated rings. The van der Waals surface area contributed by atoms with Crippen LogP contribution in [0.15, 0.2) is 0 Å². The molecular formula is C16H28N2Na2O6. The van der Waals surface area contributed by atoms with Crippen LogP contribution in [0.3, 0.4) is 0 Å². The third kappa shape index (κ3) is 39.1. The van der Waals surface area contributed by atoms with Gasteiger partial charge >= 0.3 is 59.1 Å². The van der Waals surface area contributed by atoms with Crippen molar-refractivity contribution in [2.75, 3.05) is 0 Å². The molecule has 10 heteroatoms. The summed E-state index contributed by atoms with van der Waals surface area (Å²) in [7, 11) is 0. The van der Waals surface area contributed by atoms with E-state index in [1.165, 1.54) is 0 Å². The van der Waals surface area contributed by atoms with E-state index in [1.54, 1.807) is 0 Å². The Morgan fingerprint density at radius 1 is 0.500 bits per heavy atom. The molecule has 2 amide bonds. The maximum absolute atomic E-state index is 10.3. The topological polar surface area (TPSA) is 166 Å². The molecule has 0 aliphatic heterocycles. The van der Waals surface area contributed by atoms with Crippen molar-refractivity contribution in [3.8, 4) is 0 Å². The average molecular weight is 390 g/mol. The molecular weight excluding hydrogens is 362 g/mol. The largest absolute Gasteiger partial charge is 1.00 e. The standard InChI is InChI=1S/2C8H15NO3.2Na/c2*9-7(10)5-3-1-2-4-6-8(11)12;;/h2*1-6H2,(H2,9,10)(H,11,12);;/q;;2*+1/p-2. The van der Waals surface area contributed by atoms with Crippen molar-refractivity contribution in [1.29, 1.82) is 0 Å². The van der Waals surface area contributed by atoms with Gasteiger partial charge in [-0.3, -0.25) is 9.59 Å². The van der Waals surface area contributed by atoms with Crippen molar-refractivity contribution in [2.24, 2.45) is 11.5 Å². The first-order valence-electron chi connectivity index (χ1n) is 8.22. The minimum Gasteiger partial charge on any atom is -0.550 e. The molecule has 0 rings (SSSR count). The van der Waals surface area contributed by atoms with Crippen molar-refractivity contribution in [1.82, 2.24) is 0 Å². The molecule has 0 bridgehead atoms. The van der Waals surface area contributed by atoms with Gasteiger partial charge in [-0.05, 0) is 38.5 Å². The molecule has 0 atom stereocenters. The van der Waals surface area contributed by atoms with Gasteiger partial charge in [-0.1, -0.05) is 25.7 Å². The van der Waals surface area contributed by atoms with Crippen molar-refractivity contribution in [2.45, 2.75) is 77.0 Å². The Kier molecular flexibility index (Phi) is 32.0. The van der Waals surface area contributed by atoms with E-state index in [4.69, 9.17) is 11.5 Å². The Labute approximate surface area is 199 Å². The number of hydrogen-bond acceptors (Lipinski definition) is 6. The van der Waals surface area contributed by atoms with Crippen molar-refractivity contribution >= 4 is 23.8 Å². The number of carbonyl (C=O) groups is 4. The van der Waals surface area contributed by atoms with Gasteiger partial charge in [-0.2, -0.15) is 0 Å². The van der Waals surface area contributed by atoms with Crippen LogP contribution >= 0.6 is 0 Å². The minimum absolute atomic E-state index is 0. The quantitative estimate of drug-likeness (QED) is 0.221. The van der Waals surface area contributed by atoms with Crippen LogP contribution in [0.4, 0.5) is 0 Å². The molecule has 0 heterocycles. The number of aliphatic carboxylic acids is 2. The van der Waals surface area contributed by atoms with E-state index in [0.29, 0.717) is 25.7 Å². The summed E-state index contributed by atoms with van der Waals surface area (Å²) in [5.74, 6) is -2.61. The molecule has 0 saturated heterocycles. The van der Waals surface area contributed by atoms with Crippen LogP contribution in [0.5, 0.6) is 0 Å². The number of amides is 2. The fraction of sp³-hybridized carbons (Fsp3) is 0.750. The van der Waals surface area contributed by atoms with Crippen molar-refractivity contribution < 1.29 is 88.5 Å². The van der Waals surface area contributed by atoms with Gasteiger partial charge in [0.25, 0.3) is 0 Å². The van der Waals surface area contributed by atoms with E-state index >= 15 is 0 Å². The van der Waals surface area contributed by atoms with Crippen molar-refractivity contribution in [3.63, 3.8) is 0 Å². The smallest absolute Gasteiger partial charge is 0.550 e. The van der Waals surface area contributed by atoms with Gasteiger partial charge in [-0.15, -0.1) is 0 Å². The zero-order chi connectivity index (χ0) is 18.8. The third-order valence-electron chi connectivity index (χ3n) is 3.11. The zero-order valence-electron chi connectivity index (χ0n) is 16.1. The molecule has 0 unspecified atom stereocenters. The first-order valence-corrected chi connectivity index (χ1v) is 8.22. The summed E-state index contributed by atoms with van der Waals surface area (Å²) in [6, 6.07) is 0. The minimum atomic E-state index is -1.01. The Bertz CT molecular complexity index is 323. The Balaban J connectivity index is -0.000000173. The second-order valence-corrected chi connectivity index (χ2v) is 5.51. The van der Waals surface area contributed by atoms with E-state index in [9.17, 15) is 29.4 Å². The summed E-state index contributed by atoms with van der Waals surface area (Å²) in [4.78, 5) is 40.4. The maximum Gasteiger partial charge on any atom is 1.00 e. The number of primary amides is 2. The molecule has 0 aromatic carbocycles. The van der Waals surface area contributed by atoms with Crippen LogP contribution in [0.1, 0.15) is 77.0 Å². The molecule has 4 N–H and O–H groups in total. The second-order valence-electron chi connectivity index (χ2n) is 5.51. The predicted molar refractivity (Wildman–Crippen MR) is 83.8 cm³/mol. The van der Waals surface area contributed by atoms with Crippen LogP contribution in [-0.4, -0.2) is 23.8 Å². The number of rotatable bonds is 14. The van der Waals surface area contributed by atoms with E-state index in [2.05, 4.69) is 0 Å². The molecule has 8 nitrogen and oxygen atoms in total. The van der Waals surface area contributed by atoms with Gasteiger partial charge in [-0.25, -0.2) is 0 Å². The SMILES string of the molecule is NC(=O)CCCCCCC(=O)[O-].NC(=O)CCCCCCC(=O)[O-].[Na+].[Na+]. The van der Waals surface area contributed by atoms with E-state index in [1.807, 2.05) is 0 Å². The number of unbranched alkanes of at least 4 members (excludes halogenated alkanes) is 6. The van der Waals surface area contributed by atoms with E-state index < -0.39 is 11.9 Å². The molecule has 0 aliphatic carbocycles. The van der Waals surface area contributed by atoms with E-state index in [-0.39, 0.29) is 83.8 Å². The Morgan fingerprint density at radius 2 is 0.731 bits per heavy atom. The summed E-state index contributed by atoms with van der Waals surface area (Å²) in [6.45, 7) is 0. The van der Waals surface area contributed by atoms with Gasteiger partial charge in [0.15, 0.2) is 0 Å². The van der Waals surface area contributed by atoms with Crippen LogP contribution < -0.4 is 80.8 Å². The molecule has 0 spiro atoms. The van der Waals surface area contributed by atoms with Gasteiger partial charge < -0.3 is 31.3 Å². The first-order chi connectivity index (χ1) is 11.3. The second kappa shape index (κ2) is 24.9. The van der Waals surface area contributed by atoms with E-state index in [0.717, 1.165) is 38.5 Å². The third-order valence-corrected chi connectivity index (χ3v) is 3.11. The number of nitrogens with two attached hydrogens (primary N) is 2. The number of carboxylic acids is 2. The van der Waals surface area contributed by atoms with Crippen LogP contribution in [0.25, 0.3) is 0 Å². The normalized spacial score (nSPS) is 8.92. The molecule has 0 aromatic heterocycles. The fourth-order valence-corrected chi connectivity index (χ4v) is 1.84. The molecule has 0 aromatic rings. The summed E-state index contributed by atoms with van der Waals surface area (Å²) in [5, 5.41) is 19.9. The molecule has 26 heavy (non-hydrogen) atoms. The summed E-state index contributed by atoms with van der Waals surface area (Å²) in [6.07, 6.45) is 7.12. The average Bonchev–Trinajstić information content (AvgIpc) is 2.46. The Hall–Kier alpha value is -0.120. The van der Waals surface area contributed by atoms with Crippen LogP contribution in [0, 0.1) is 0 Å². The number of carbonyl (C=O) groups excluding carboxylic acids is 4. The van der Waals surface area contributed by atoms with Crippen LogP contribution in [-0.2, 0) is 19.2 Å². The zero-order valence-corrected chi connectivity index (χ0v) is 20.1. The molecule has 0 aliphatic rings. The predicted octanol–water partition coefficient (Wildman–Crippen LogP) is -6.87. The Morgan fingerprint density at radius 3 is 0.923 bits per heavy atom. The monoisotopic (exact) mass is 390 g/mol. The van der Waals surface area contributed by atoms with Crippen molar-refractivity contribution in [3.05, 3.63) is 0 Å². The van der Waals surface area contributed by atoms with Gasteiger partial charge in [0.05, 0.1) is 0 Å². The molecule has 0 saturated carbocycles. The molecule has 0 radical (unpaired) electrons. The maximum atomic E-state index is 10.3. The number of carboxylic acid groups (broad SMARTS) is 2. The molecule has 140 valence electrons. The van der Waals surface area contributed by atoms with Gasteiger partial charge in [0.1, 0.15) is 0 Å². The first kappa shape index (κ1) is 33.5.